The van der Waals surface area contributed by atoms with Gasteiger partial charge in [-0.3, -0.25) is 9.48 Å². The molecule has 0 atom stereocenters. The zero-order valence-electron chi connectivity index (χ0n) is 15.5. The molecule has 1 aromatic carbocycles. The van der Waals surface area contributed by atoms with Crippen molar-refractivity contribution in [2.24, 2.45) is 12.0 Å². The van der Waals surface area contributed by atoms with Crippen LogP contribution in [0.25, 0.3) is 0 Å². The summed E-state index contributed by atoms with van der Waals surface area (Å²) in [5, 5.41) is 14.1. The summed E-state index contributed by atoms with van der Waals surface area (Å²) in [6, 6.07) is 9.01. The molecule has 2 aromatic rings. The van der Waals surface area contributed by atoms with Crippen molar-refractivity contribution in [2.75, 3.05) is 18.4 Å². The Morgan fingerprint density at radius 3 is 2.59 bits per heavy atom. The smallest absolute Gasteiger partial charge is 0.224 e. The van der Waals surface area contributed by atoms with Gasteiger partial charge in [0.25, 0.3) is 0 Å². The van der Waals surface area contributed by atoms with Crippen LogP contribution < -0.4 is 16.0 Å². The normalized spacial score (nSPS) is 10.9. The van der Waals surface area contributed by atoms with Crippen LogP contribution in [0.2, 0.25) is 5.02 Å². The molecular formula is C18H26ClIN6O. The molecule has 0 aliphatic heterocycles. The first kappa shape index (κ1) is 23.2. The lowest BCUT2D eigenvalue weighted by Crippen LogP contribution is -2.38. The zero-order chi connectivity index (χ0) is 18.8. The number of carbonyl (C=O) groups excluding carboxylic acids is 1. The second-order valence-electron chi connectivity index (χ2n) is 5.73. The van der Waals surface area contributed by atoms with Crippen molar-refractivity contribution in [1.82, 2.24) is 20.4 Å². The van der Waals surface area contributed by atoms with Gasteiger partial charge in [0.2, 0.25) is 5.91 Å². The van der Waals surface area contributed by atoms with E-state index >= 15 is 0 Å². The van der Waals surface area contributed by atoms with E-state index in [4.69, 9.17) is 11.6 Å². The van der Waals surface area contributed by atoms with Crippen LogP contribution in [0.3, 0.4) is 0 Å². The van der Waals surface area contributed by atoms with Crippen LogP contribution in [0, 0.1) is 0 Å². The summed E-state index contributed by atoms with van der Waals surface area (Å²) >= 11 is 5.83. The molecule has 3 N–H and O–H groups in total. The number of amides is 1. The minimum absolute atomic E-state index is 0. The number of aryl methyl sites for hydroxylation is 1. The van der Waals surface area contributed by atoms with Crippen LogP contribution in [0.1, 0.15) is 25.5 Å². The number of rotatable bonds is 8. The topological polar surface area (TPSA) is 83.3 Å². The molecule has 1 aromatic heterocycles. The number of guanidine groups is 1. The number of hydrogen-bond donors (Lipinski definition) is 3. The van der Waals surface area contributed by atoms with E-state index < -0.39 is 0 Å². The Morgan fingerprint density at radius 1 is 1.22 bits per heavy atom. The molecule has 0 unspecified atom stereocenters. The molecule has 0 fully saturated rings. The number of aromatic nitrogens is 2. The van der Waals surface area contributed by atoms with Gasteiger partial charge >= 0.3 is 0 Å². The van der Waals surface area contributed by atoms with Gasteiger partial charge in [0, 0.05) is 43.5 Å². The van der Waals surface area contributed by atoms with Crippen molar-refractivity contribution in [3.63, 3.8) is 0 Å². The molecule has 0 saturated heterocycles. The third-order valence-electron chi connectivity index (χ3n) is 3.67. The van der Waals surface area contributed by atoms with Gasteiger partial charge in [-0.2, -0.15) is 5.10 Å². The van der Waals surface area contributed by atoms with Gasteiger partial charge in [-0.15, -0.1) is 24.0 Å². The van der Waals surface area contributed by atoms with Gasteiger partial charge in [0.1, 0.15) is 0 Å². The molecule has 0 radical (unpaired) electrons. The lowest BCUT2D eigenvalue weighted by Gasteiger charge is -2.11. The molecule has 9 heteroatoms. The maximum Gasteiger partial charge on any atom is 0.224 e. The first-order chi connectivity index (χ1) is 12.6. The van der Waals surface area contributed by atoms with E-state index in [2.05, 4.69) is 26.0 Å². The number of nitrogens with zero attached hydrogens (tertiary/aromatic N) is 3. The predicted octanol–water partition coefficient (Wildman–Crippen LogP) is 3.17. The molecule has 2 rings (SSSR count). The fraction of sp³-hybridized carbons (Fsp3) is 0.389. The average molecular weight is 505 g/mol. The second kappa shape index (κ2) is 12.6. The fourth-order valence-electron chi connectivity index (χ4n) is 2.27. The highest BCUT2D eigenvalue weighted by molar-refractivity contribution is 14.0. The number of halogens is 2. The number of hydrogen-bond acceptors (Lipinski definition) is 3. The van der Waals surface area contributed by atoms with E-state index in [0.29, 0.717) is 31.0 Å². The molecule has 7 nitrogen and oxygen atoms in total. The molecule has 0 saturated carbocycles. The van der Waals surface area contributed by atoms with E-state index in [1.54, 1.807) is 35.1 Å². The third kappa shape index (κ3) is 8.61. The van der Waals surface area contributed by atoms with Crippen molar-refractivity contribution < 1.29 is 4.79 Å². The SMILES string of the molecule is CCNC(=NCc1ccnn1C)NCCCC(=O)Nc1ccc(Cl)cc1.I. The largest absolute Gasteiger partial charge is 0.357 e. The van der Waals surface area contributed by atoms with E-state index in [1.165, 1.54) is 0 Å². The van der Waals surface area contributed by atoms with Gasteiger partial charge in [-0.25, -0.2) is 4.99 Å². The van der Waals surface area contributed by atoms with Gasteiger partial charge in [-0.1, -0.05) is 11.6 Å². The van der Waals surface area contributed by atoms with Crippen LogP contribution in [-0.4, -0.2) is 34.7 Å². The predicted molar refractivity (Wildman–Crippen MR) is 121 cm³/mol. The summed E-state index contributed by atoms with van der Waals surface area (Å²) in [5.41, 5.74) is 1.78. The van der Waals surface area contributed by atoms with Gasteiger partial charge in [0.15, 0.2) is 5.96 Å². The molecule has 0 spiro atoms. The van der Waals surface area contributed by atoms with Gasteiger partial charge in [-0.05, 0) is 43.7 Å². The summed E-state index contributed by atoms with van der Waals surface area (Å²) in [6.45, 7) is 3.99. The van der Waals surface area contributed by atoms with Gasteiger partial charge in [0.05, 0.1) is 12.2 Å². The maximum absolute atomic E-state index is 12.0. The van der Waals surface area contributed by atoms with Gasteiger partial charge < -0.3 is 16.0 Å². The summed E-state index contributed by atoms with van der Waals surface area (Å²) in [5.74, 6) is 0.706. The Bertz CT molecular complexity index is 732. The molecule has 1 amide bonds. The lowest BCUT2D eigenvalue weighted by molar-refractivity contribution is -0.116. The number of carbonyl (C=O) groups is 1. The van der Waals surface area contributed by atoms with Crippen LogP contribution in [0.4, 0.5) is 5.69 Å². The zero-order valence-corrected chi connectivity index (χ0v) is 18.6. The Hall–Kier alpha value is -1.81. The fourth-order valence-corrected chi connectivity index (χ4v) is 2.40. The van der Waals surface area contributed by atoms with E-state index in [1.807, 2.05) is 20.0 Å². The molecule has 0 aliphatic carbocycles. The quantitative estimate of drug-likeness (QED) is 0.223. The molecule has 1 heterocycles. The summed E-state index contributed by atoms with van der Waals surface area (Å²) < 4.78 is 1.80. The molecule has 148 valence electrons. The highest BCUT2D eigenvalue weighted by Crippen LogP contribution is 2.13. The minimum Gasteiger partial charge on any atom is -0.357 e. The third-order valence-corrected chi connectivity index (χ3v) is 3.92. The first-order valence-electron chi connectivity index (χ1n) is 8.63. The van der Waals surface area contributed by atoms with Crippen LogP contribution in [0.5, 0.6) is 0 Å². The summed E-state index contributed by atoms with van der Waals surface area (Å²) in [6.07, 6.45) is 2.89. The standard InChI is InChI=1S/C18H25ClN6O.HI/c1-3-20-18(22-13-16-10-12-23-25(16)2)21-11-4-5-17(26)24-15-8-6-14(19)7-9-15;/h6-10,12H,3-5,11,13H2,1-2H3,(H,24,26)(H2,20,21,22);1H. The van der Waals surface area contributed by atoms with E-state index in [-0.39, 0.29) is 29.9 Å². The summed E-state index contributed by atoms with van der Waals surface area (Å²) in [7, 11) is 1.89. The van der Waals surface area contributed by atoms with Crippen molar-refractivity contribution in [1.29, 1.82) is 0 Å². The Morgan fingerprint density at radius 2 is 1.96 bits per heavy atom. The lowest BCUT2D eigenvalue weighted by atomic mass is 10.2. The van der Waals surface area contributed by atoms with Crippen LogP contribution in [-0.2, 0) is 18.4 Å². The van der Waals surface area contributed by atoms with Crippen LogP contribution in [0.15, 0.2) is 41.5 Å². The highest BCUT2D eigenvalue weighted by Gasteiger charge is 2.04. The number of benzene rings is 1. The maximum atomic E-state index is 12.0. The molecule has 0 aliphatic rings. The number of aliphatic imine (C=N–C) groups is 1. The first-order valence-corrected chi connectivity index (χ1v) is 9.00. The molecule has 27 heavy (non-hydrogen) atoms. The van der Waals surface area contributed by atoms with Crippen molar-refractivity contribution >= 4 is 53.1 Å². The summed E-state index contributed by atoms with van der Waals surface area (Å²) in [4.78, 5) is 16.5. The monoisotopic (exact) mass is 504 g/mol. The van der Waals surface area contributed by atoms with Crippen molar-refractivity contribution in [2.45, 2.75) is 26.3 Å². The van der Waals surface area contributed by atoms with Crippen molar-refractivity contribution in [3.05, 3.63) is 47.2 Å². The minimum atomic E-state index is -0.0223. The Kier molecular flexibility index (Phi) is 10.8. The highest BCUT2D eigenvalue weighted by atomic mass is 127. The molecular weight excluding hydrogens is 479 g/mol. The van der Waals surface area contributed by atoms with E-state index in [0.717, 1.165) is 23.9 Å². The van der Waals surface area contributed by atoms with Crippen LogP contribution >= 0.6 is 35.6 Å². The average Bonchev–Trinajstić information content (AvgIpc) is 3.03. The number of nitrogens with one attached hydrogen (secondary N) is 3. The Balaban J connectivity index is 0.00000364. The number of anilines is 1. The second-order valence-corrected chi connectivity index (χ2v) is 6.16. The van der Waals surface area contributed by atoms with E-state index in [9.17, 15) is 4.79 Å². The molecule has 0 bridgehead atoms. The van der Waals surface area contributed by atoms with Crippen molar-refractivity contribution in [3.8, 4) is 0 Å². The Labute approximate surface area is 182 Å².